The Hall–Kier alpha value is -2.11. The van der Waals surface area contributed by atoms with Crippen molar-refractivity contribution in [2.45, 2.75) is 38.5 Å². The lowest BCUT2D eigenvalue weighted by Gasteiger charge is -2.46. The van der Waals surface area contributed by atoms with Crippen LogP contribution in [0.15, 0.2) is 24.3 Å². The summed E-state index contributed by atoms with van der Waals surface area (Å²) in [7, 11) is 0. The Morgan fingerprint density at radius 1 is 1.08 bits per heavy atom. The molecule has 142 valence electrons. The van der Waals surface area contributed by atoms with E-state index in [9.17, 15) is 14.0 Å². The first-order valence-corrected chi connectivity index (χ1v) is 9.39. The average molecular weight is 362 g/mol. The van der Waals surface area contributed by atoms with Crippen LogP contribution in [-0.4, -0.2) is 54.6 Å². The summed E-state index contributed by atoms with van der Waals surface area (Å²) in [5, 5.41) is 0. The van der Waals surface area contributed by atoms with Gasteiger partial charge in [-0.15, -0.1) is 0 Å². The molecule has 0 spiro atoms. The summed E-state index contributed by atoms with van der Waals surface area (Å²) in [6.07, 6.45) is 2.30. The third kappa shape index (κ3) is 3.69. The highest BCUT2D eigenvalue weighted by atomic mass is 19.1. The van der Waals surface area contributed by atoms with Crippen LogP contribution in [0, 0.1) is 11.7 Å². The second-order valence-electron chi connectivity index (χ2n) is 7.69. The van der Waals surface area contributed by atoms with Gasteiger partial charge in [-0.05, 0) is 36.5 Å². The summed E-state index contributed by atoms with van der Waals surface area (Å²) in [5.41, 5.74) is 0.377. The Balaban J connectivity index is 1.61. The summed E-state index contributed by atoms with van der Waals surface area (Å²) in [6, 6.07) is 6.30. The highest BCUT2D eigenvalue weighted by Gasteiger charge is 2.48. The number of benzene rings is 1. The van der Waals surface area contributed by atoms with Gasteiger partial charge in [0.15, 0.2) is 0 Å². The van der Waals surface area contributed by atoms with Crippen molar-refractivity contribution in [2.75, 3.05) is 32.8 Å². The summed E-state index contributed by atoms with van der Waals surface area (Å²) in [5.74, 6) is 0.116. The smallest absolute Gasteiger partial charge is 0.409 e. The maximum absolute atomic E-state index is 13.2. The average Bonchev–Trinajstić information content (AvgIpc) is 2.60. The van der Waals surface area contributed by atoms with Gasteiger partial charge in [0.25, 0.3) is 0 Å². The molecular formula is C20H27FN2O3. The van der Waals surface area contributed by atoms with Crippen LogP contribution in [0.5, 0.6) is 0 Å². The van der Waals surface area contributed by atoms with Gasteiger partial charge < -0.3 is 14.5 Å². The topological polar surface area (TPSA) is 49.9 Å². The zero-order valence-electron chi connectivity index (χ0n) is 15.5. The van der Waals surface area contributed by atoms with E-state index in [1.165, 1.54) is 12.1 Å². The molecule has 0 N–H and O–H groups in total. The highest BCUT2D eigenvalue weighted by molar-refractivity contribution is 5.89. The zero-order valence-corrected chi connectivity index (χ0v) is 15.5. The molecule has 0 aromatic heterocycles. The van der Waals surface area contributed by atoms with Gasteiger partial charge in [-0.3, -0.25) is 4.79 Å². The van der Waals surface area contributed by atoms with Crippen molar-refractivity contribution in [1.82, 2.24) is 9.80 Å². The van der Waals surface area contributed by atoms with Gasteiger partial charge in [0.05, 0.1) is 12.0 Å². The fourth-order valence-electron chi connectivity index (χ4n) is 3.65. The molecule has 1 aromatic rings. The minimum absolute atomic E-state index is 0.102. The second kappa shape index (κ2) is 7.64. The molecule has 0 radical (unpaired) electrons. The molecule has 0 atom stereocenters. The number of hydrogen-bond acceptors (Lipinski definition) is 3. The summed E-state index contributed by atoms with van der Waals surface area (Å²) >= 11 is 0. The van der Waals surface area contributed by atoms with Crippen molar-refractivity contribution >= 4 is 12.0 Å². The van der Waals surface area contributed by atoms with Crippen molar-refractivity contribution < 1.29 is 18.7 Å². The van der Waals surface area contributed by atoms with E-state index in [0.29, 0.717) is 38.7 Å². The predicted octanol–water partition coefficient (Wildman–Crippen LogP) is 3.18. The van der Waals surface area contributed by atoms with Gasteiger partial charge in [0, 0.05) is 26.2 Å². The second-order valence-corrected chi connectivity index (χ2v) is 7.69. The quantitative estimate of drug-likeness (QED) is 0.827. The zero-order chi connectivity index (χ0) is 18.7. The molecule has 6 heteroatoms. The molecule has 1 saturated heterocycles. The van der Waals surface area contributed by atoms with E-state index in [0.717, 1.165) is 24.8 Å². The Bertz CT molecular complexity index is 648. The summed E-state index contributed by atoms with van der Waals surface area (Å²) in [4.78, 5) is 28.7. The normalized spacial score (nSPS) is 19.2. The van der Waals surface area contributed by atoms with Crippen molar-refractivity contribution in [1.29, 1.82) is 0 Å². The summed E-state index contributed by atoms with van der Waals surface area (Å²) in [6.45, 7) is 6.40. The van der Waals surface area contributed by atoms with Crippen LogP contribution in [0.3, 0.4) is 0 Å². The van der Waals surface area contributed by atoms with Crippen molar-refractivity contribution in [2.24, 2.45) is 5.92 Å². The molecule has 1 heterocycles. The first-order valence-electron chi connectivity index (χ1n) is 9.39. The standard InChI is InChI=1S/C20H27FN2O3/c1-15(2)14-26-19(25)23-12-10-22(11-13-23)18(24)20(8-3-9-20)16-4-6-17(21)7-5-16/h4-7,15H,3,8-14H2,1-2H3. The third-order valence-corrected chi connectivity index (χ3v) is 5.38. The summed E-state index contributed by atoms with van der Waals surface area (Å²) < 4.78 is 18.5. The SMILES string of the molecule is CC(C)COC(=O)N1CCN(C(=O)C2(c3ccc(F)cc3)CCC2)CC1. The van der Waals surface area contributed by atoms with E-state index in [4.69, 9.17) is 4.74 Å². The molecule has 2 fully saturated rings. The van der Waals surface area contributed by atoms with Crippen LogP contribution in [0.2, 0.25) is 0 Å². The molecule has 3 rings (SSSR count). The van der Waals surface area contributed by atoms with Crippen LogP contribution < -0.4 is 0 Å². The molecular weight excluding hydrogens is 335 g/mol. The van der Waals surface area contributed by atoms with Gasteiger partial charge >= 0.3 is 6.09 Å². The number of nitrogens with zero attached hydrogens (tertiary/aromatic N) is 2. The van der Waals surface area contributed by atoms with Crippen molar-refractivity contribution in [3.05, 3.63) is 35.6 Å². The maximum Gasteiger partial charge on any atom is 0.409 e. The van der Waals surface area contributed by atoms with E-state index < -0.39 is 5.41 Å². The van der Waals surface area contributed by atoms with Gasteiger partial charge in [-0.1, -0.05) is 32.4 Å². The maximum atomic E-state index is 13.2. The molecule has 2 aliphatic rings. The number of carbonyl (C=O) groups excluding carboxylic acids is 2. The number of amides is 2. The number of ether oxygens (including phenoxy) is 1. The van der Waals surface area contributed by atoms with E-state index in [2.05, 4.69) is 0 Å². The Kier molecular flexibility index (Phi) is 5.49. The Morgan fingerprint density at radius 2 is 1.65 bits per heavy atom. The minimum Gasteiger partial charge on any atom is -0.449 e. The number of hydrogen-bond donors (Lipinski definition) is 0. The number of rotatable bonds is 4. The number of piperazine rings is 1. The van der Waals surface area contributed by atoms with Gasteiger partial charge in [-0.2, -0.15) is 0 Å². The number of halogens is 1. The molecule has 1 aliphatic heterocycles. The van der Waals surface area contributed by atoms with Crippen molar-refractivity contribution in [3.8, 4) is 0 Å². The molecule has 1 aliphatic carbocycles. The van der Waals surface area contributed by atoms with Crippen LogP contribution >= 0.6 is 0 Å². The molecule has 2 amide bonds. The van der Waals surface area contributed by atoms with Crippen LogP contribution in [0.1, 0.15) is 38.7 Å². The lowest BCUT2D eigenvalue weighted by Crippen LogP contribution is -2.57. The van der Waals surface area contributed by atoms with Gasteiger partial charge in [0.1, 0.15) is 5.82 Å². The first-order chi connectivity index (χ1) is 12.4. The minimum atomic E-state index is -0.520. The highest BCUT2D eigenvalue weighted by Crippen LogP contribution is 2.45. The van der Waals surface area contributed by atoms with E-state index in [-0.39, 0.29) is 17.8 Å². The van der Waals surface area contributed by atoms with Gasteiger partial charge in [0.2, 0.25) is 5.91 Å². The van der Waals surface area contributed by atoms with Crippen LogP contribution in [-0.2, 0) is 14.9 Å². The molecule has 5 nitrogen and oxygen atoms in total. The van der Waals surface area contributed by atoms with E-state index in [1.807, 2.05) is 18.7 Å². The largest absolute Gasteiger partial charge is 0.449 e. The monoisotopic (exact) mass is 362 g/mol. The van der Waals surface area contributed by atoms with E-state index in [1.54, 1.807) is 17.0 Å². The molecule has 1 aromatic carbocycles. The lowest BCUT2D eigenvalue weighted by atomic mass is 9.63. The van der Waals surface area contributed by atoms with E-state index >= 15 is 0 Å². The number of carbonyl (C=O) groups is 2. The fourth-order valence-corrected chi connectivity index (χ4v) is 3.65. The predicted molar refractivity (Wildman–Crippen MR) is 96.3 cm³/mol. The Labute approximate surface area is 154 Å². The fraction of sp³-hybridized carbons (Fsp3) is 0.600. The third-order valence-electron chi connectivity index (χ3n) is 5.38. The molecule has 1 saturated carbocycles. The molecule has 0 bridgehead atoms. The molecule has 26 heavy (non-hydrogen) atoms. The van der Waals surface area contributed by atoms with Crippen LogP contribution in [0.4, 0.5) is 9.18 Å². The first kappa shape index (κ1) is 18.7. The molecule has 0 unspecified atom stereocenters. The van der Waals surface area contributed by atoms with Crippen LogP contribution in [0.25, 0.3) is 0 Å². The Morgan fingerprint density at radius 3 is 2.15 bits per heavy atom. The van der Waals surface area contributed by atoms with Gasteiger partial charge in [-0.25, -0.2) is 9.18 Å². The van der Waals surface area contributed by atoms with Crippen molar-refractivity contribution in [3.63, 3.8) is 0 Å². The lowest BCUT2D eigenvalue weighted by molar-refractivity contribution is -0.142.